The van der Waals surface area contributed by atoms with Crippen molar-refractivity contribution >= 4 is 25.1 Å². The Morgan fingerprint density at radius 3 is 2.59 bits per heavy atom. The molecule has 0 saturated heterocycles. The number of ether oxygens (including phenoxy) is 1. The van der Waals surface area contributed by atoms with Crippen molar-refractivity contribution in [3.05, 3.63) is 66.0 Å². The fourth-order valence-corrected chi connectivity index (χ4v) is 8.72. The highest BCUT2D eigenvalue weighted by molar-refractivity contribution is 6.73. The van der Waals surface area contributed by atoms with Crippen LogP contribution < -0.4 is 0 Å². The van der Waals surface area contributed by atoms with Gasteiger partial charge in [-0.2, -0.15) is 0 Å². The number of pyridine rings is 1. The Morgan fingerprint density at radius 2 is 1.91 bits per heavy atom. The maximum Gasteiger partial charge on any atom is 0.337 e. The molecule has 0 N–H and O–H groups in total. The maximum absolute atomic E-state index is 12.2. The predicted octanol–water partition coefficient (Wildman–Crippen LogP) is 6.40. The summed E-state index contributed by atoms with van der Waals surface area (Å²) in [5.41, 5.74) is 1.83. The molecule has 0 radical (unpaired) electrons. The average molecular weight is 450 g/mol. The minimum absolute atomic E-state index is 0.118. The number of hydrogen-bond donors (Lipinski definition) is 0. The molecular weight excluding hydrogens is 414 g/mol. The Kier molecular flexibility index (Phi) is 6.41. The molecule has 0 amide bonds. The maximum atomic E-state index is 12.2. The van der Waals surface area contributed by atoms with Gasteiger partial charge in [-0.1, -0.05) is 58.1 Å². The summed E-state index contributed by atoms with van der Waals surface area (Å²) < 4.78 is 12.1. The Labute approximate surface area is 192 Å². The Bertz CT molecular complexity index is 1050. The van der Waals surface area contributed by atoms with Gasteiger partial charge in [0.05, 0.1) is 18.8 Å². The molecule has 1 aromatic heterocycles. The first-order valence-electron chi connectivity index (χ1n) is 11.9. The van der Waals surface area contributed by atoms with Crippen LogP contribution >= 0.6 is 0 Å². The molecule has 1 heterocycles. The van der Waals surface area contributed by atoms with Crippen molar-refractivity contribution in [1.29, 1.82) is 0 Å². The molecule has 170 valence electrons. The van der Waals surface area contributed by atoms with Gasteiger partial charge in [-0.05, 0) is 53.6 Å². The van der Waals surface area contributed by atoms with E-state index in [1.54, 1.807) is 0 Å². The lowest BCUT2D eigenvalue weighted by Crippen LogP contribution is -2.41. The van der Waals surface area contributed by atoms with E-state index in [1.807, 2.05) is 18.5 Å². The van der Waals surface area contributed by atoms with Gasteiger partial charge in [-0.25, -0.2) is 4.79 Å². The second kappa shape index (κ2) is 8.95. The predicted molar refractivity (Wildman–Crippen MR) is 132 cm³/mol. The van der Waals surface area contributed by atoms with Gasteiger partial charge in [-0.15, -0.1) is 0 Å². The molecule has 0 bridgehead atoms. The molecule has 0 spiro atoms. The van der Waals surface area contributed by atoms with Gasteiger partial charge >= 0.3 is 5.97 Å². The monoisotopic (exact) mass is 449 g/mol. The van der Waals surface area contributed by atoms with Crippen LogP contribution in [0.3, 0.4) is 0 Å². The highest BCUT2D eigenvalue weighted by atomic mass is 28.4. The summed E-state index contributed by atoms with van der Waals surface area (Å²) in [7, 11) is -0.357. The molecule has 1 saturated carbocycles. The van der Waals surface area contributed by atoms with E-state index in [-0.39, 0.29) is 29.3 Å². The number of fused-ring (bicyclic) bond motifs is 2. The summed E-state index contributed by atoms with van der Waals surface area (Å²) in [6, 6.07) is 12.2. The van der Waals surface area contributed by atoms with E-state index in [9.17, 15) is 4.79 Å². The second-order valence-electron chi connectivity index (χ2n) is 9.52. The average Bonchev–Trinajstić information content (AvgIpc) is 3.12. The van der Waals surface area contributed by atoms with Crippen molar-refractivity contribution in [3.8, 4) is 0 Å². The Balaban J connectivity index is 1.79. The van der Waals surface area contributed by atoms with Crippen LogP contribution in [0.25, 0.3) is 10.8 Å². The smallest absolute Gasteiger partial charge is 0.337 e. The fourth-order valence-electron chi connectivity index (χ4n) is 5.85. The molecule has 32 heavy (non-hydrogen) atoms. The normalized spacial score (nSPS) is 27.3. The van der Waals surface area contributed by atoms with Crippen LogP contribution in [0.5, 0.6) is 0 Å². The van der Waals surface area contributed by atoms with Crippen LogP contribution in [0.15, 0.2) is 60.5 Å². The number of rotatable bonds is 7. The zero-order valence-corrected chi connectivity index (χ0v) is 20.9. The van der Waals surface area contributed by atoms with Crippen LogP contribution in [-0.2, 0) is 14.0 Å². The van der Waals surface area contributed by atoms with Crippen molar-refractivity contribution < 1.29 is 14.0 Å². The molecular formula is C27H35NO3Si. The quantitative estimate of drug-likeness (QED) is 0.362. The van der Waals surface area contributed by atoms with E-state index in [0.29, 0.717) is 5.57 Å². The van der Waals surface area contributed by atoms with Crippen molar-refractivity contribution in [2.45, 2.75) is 64.3 Å². The van der Waals surface area contributed by atoms with Crippen LogP contribution in [0.2, 0.25) is 18.1 Å². The van der Waals surface area contributed by atoms with Crippen LogP contribution in [0.4, 0.5) is 0 Å². The highest BCUT2D eigenvalue weighted by Crippen LogP contribution is 2.58. The molecule has 0 unspecified atom stereocenters. The third-order valence-corrected chi connectivity index (χ3v) is 12.8. The lowest BCUT2D eigenvalue weighted by molar-refractivity contribution is -0.135. The number of esters is 1. The SMILES string of the molecule is CC[Si](CC)(CC)O[C@@H]1C[C@H]2C=C(C(=O)OC)C=C[C@]2(C)[C@H]1c1ccc2ccncc2c1. The topological polar surface area (TPSA) is 48.4 Å². The first kappa shape index (κ1) is 22.9. The summed E-state index contributed by atoms with van der Waals surface area (Å²) in [4.78, 5) is 16.6. The number of benzene rings is 1. The fraction of sp³-hybridized carbons (Fsp3) is 0.481. The minimum atomic E-state index is -1.80. The molecule has 2 aliphatic rings. The molecule has 0 aliphatic heterocycles. The standard InChI is InChI=1S/C27H35NO3Si/c1-6-32(7-2,8-3)31-24-17-23-16-21(26(29)30-5)11-13-27(23,4)25(24)20-10-9-19-12-14-28-18-22(19)15-20/h9-16,18,23-25H,6-8,17H2,1-5H3/t23-,24-,25+,27+/m1/s1. The Morgan fingerprint density at radius 1 is 1.16 bits per heavy atom. The molecule has 4 rings (SSSR count). The summed E-state index contributed by atoms with van der Waals surface area (Å²) >= 11 is 0. The zero-order chi connectivity index (χ0) is 22.9. The zero-order valence-electron chi connectivity index (χ0n) is 19.9. The number of hydrogen-bond acceptors (Lipinski definition) is 4. The van der Waals surface area contributed by atoms with Crippen molar-refractivity contribution in [2.24, 2.45) is 11.3 Å². The lowest BCUT2D eigenvalue weighted by atomic mass is 9.68. The number of nitrogens with zero attached hydrogens (tertiary/aromatic N) is 1. The molecule has 2 aromatic rings. The molecule has 1 fully saturated rings. The van der Waals surface area contributed by atoms with Crippen molar-refractivity contribution in [1.82, 2.24) is 4.98 Å². The summed E-state index contributed by atoms with van der Waals surface area (Å²) in [5.74, 6) is 0.194. The van der Waals surface area contributed by atoms with Gasteiger partial charge in [0.2, 0.25) is 0 Å². The minimum Gasteiger partial charge on any atom is -0.465 e. The van der Waals surface area contributed by atoms with E-state index in [0.717, 1.165) is 29.9 Å². The lowest BCUT2D eigenvalue weighted by Gasteiger charge is -2.39. The van der Waals surface area contributed by atoms with Crippen LogP contribution in [0.1, 0.15) is 45.6 Å². The van der Waals surface area contributed by atoms with Gasteiger partial charge in [0, 0.05) is 29.1 Å². The molecule has 4 atom stereocenters. The number of allylic oxidation sites excluding steroid dienone is 2. The summed E-state index contributed by atoms with van der Waals surface area (Å²) in [6.07, 6.45) is 11.1. The third kappa shape index (κ3) is 3.86. The van der Waals surface area contributed by atoms with Crippen molar-refractivity contribution in [2.75, 3.05) is 7.11 Å². The third-order valence-electron chi connectivity index (χ3n) is 8.11. The van der Waals surface area contributed by atoms with Crippen LogP contribution in [0, 0.1) is 11.3 Å². The van der Waals surface area contributed by atoms with Gasteiger partial charge in [0.15, 0.2) is 8.32 Å². The van der Waals surface area contributed by atoms with Gasteiger partial charge in [0.1, 0.15) is 0 Å². The number of carbonyl (C=O) groups excluding carboxylic acids is 1. The number of methoxy groups -OCH3 is 1. The number of carbonyl (C=O) groups is 1. The summed E-state index contributed by atoms with van der Waals surface area (Å²) in [5, 5.41) is 2.36. The number of aromatic nitrogens is 1. The van der Waals surface area contributed by atoms with E-state index in [4.69, 9.17) is 9.16 Å². The molecule has 5 heteroatoms. The summed E-state index contributed by atoms with van der Waals surface area (Å²) in [6.45, 7) is 9.19. The molecule has 1 aromatic carbocycles. The largest absolute Gasteiger partial charge is 0.465 e. The van der Waals surface area contributed by atoms with Gasteiger partial charge < -0.3 is 9.16 Å². The first-order chi connectivity index (χ1) is 15.4. The van der Waals surface area contributed by atoms with Gasteiger partial charge in [-0.3, -0.25) is 4.98 Å². The van der Waals surface area contributed by atoms with Crippen molar-refractivity contribution in [3.63, 3.8) is 0 Å². The first-order valence-corrected chi connectivity index (χ1v) is 14.4. The molecule has 4 nitrogen and oxygen atoms in total. The molecule has 2 aliphatic carbocycles. The van der Waals surface area contributed by atoms with E-state index >= 15 is 0 Å². The van der Waals surface area contributed by atoms with E-state index in [2.05, 4.69) is 69.1 Å². The van der Waals surface area contributed by atoms with Gasteiger partial charge in [0.25, 0.3) is 0 Å². The van der Waals surface area contributed by atoms with E-state index < -0.39 is 8.32 Å². The Hall–Kier alpha value is -2.24. The highest BCUT2D eigenvalue weighted by Gasteiger charge is 2.53. The second-order valence-corrected chi connectivity index (χ2v) is 14.2. The van der Waals surface area contributed by atoms with E-state index in [1.165, 1.54) is 18.1 Å². The van der Waals surface area contributed by atoms with Crippen LogP contribution in [-0.4, -0.2) is 32.5 Å².